The molecule has 7 nitrogen and oxygen atoms in total. The van der Waals surface area contributed by atoms with Gasteiger partial charge in [0, 0.05) is 48.7 Å². The van der Waals surface area contributed by atoms with Gasteiger partial charge in [0.05, 0.1) is 17.2 Å². The topological polar surface area (TPSA) is 73.8 Å². The second-order valence-corrected chi connectivity index (χ2v) is 13.2. The number of nitrogens with one attached hydrogen (secondary N) is 1. The van der Waals surface area contributed by atoms with Crippen molar-refractivity contribution in [1.82, 2.24) is 24.2 Å². The number of rotatable bonds is 20. The molecule has 0 unspecified atom stereocenters. The van der Waals surface area contributed by atoms with E-state index in [0.29, 0.717) is 0 Å². The van der Waals surface area contributed by atoms with Crippen LogP contribution in [0.2, 0.25) is 0 Å². The van der Waals surface area contributed by atoms with Crippen molar-refractivity contribution < 1.29 is 0 Å². The molecule has 8 heteroatoms. The number of hydrogen-bond donors (Lipinski definition) is 1. The molecule has 0 aliphatic carbocycles. The van der Waals surface area contributed by atoms with E-state index in [4.69, 9.17) is 8.75 Å². The van der Waals surface area contributed by atoms with Crippen LogP contribution in [0.1, 0.15) is 105 Å². The molecule has 0 atom stereocenters. The fraction of sp³-hybridized carbons (Fsp3) is 0.526. The van der Waals surface area contributed by atoms with E-state index in [1.807, 2.05) is 0 Å². The Labute approximate surface area is 280 Å². The van der Waals surface area contributed by atoms with Gasteiger partial charge in [0.25, 0.3) is 0 Å². The molecule has 2 aromatic heterocycles. The Balaban J connectivity index is 1.46. The smallest absolute Gasteiger partial charge is 0.123 e. The molecular formula is C38H53N7S. The maximum absolute atomic E-state index is 4.83. The van der Waals surface area contributed by atoms with E-state index in [0.717, 1.165) is 70.5 Å². The number of nitrogens with zero attached hydrogens (tertiary/aromatic N) is 6. The highest BCUT2D eigenvalue weighted by molar-refractivity contribution is 7.00. The zero-order valence-electron chi connectivity index (χ0n) is 28.5. The SMILES string of the molecule is CCCCCN(CCCCC)c1ccc(-c2c3nsnc3c(-c3ccc(N(CCCCC)CCCCC)cc3)c3[nH]nnc23)cc1. The van der Waals surface area contributed by atoms with E-state index < -0.39 is 0 Å². The lowest BCUT2D eigenvalue weighted by atomic mass is 9.95. The Morgan fingerprint density at radius 2 is 0.935 bits per heavy atom. The van der Waals surface area contributed by atoms with Crippen LogP contribution in [0.15, 0.2) is 48.5 Å². The quantitative estimate of drug-likeness (QED) is 0.0854. The Morgan fingerprint density at radius 3 is 1.37 bits per heavy atom. The summed E-state index contributed by atoms with van der Waals surface area (Å²) in [6, 6.07) is 18.0. The molecule has 5 aromatic rings. The summed E-state index contributed by atoms with van der Waals surface area (Å²) in [4.78, 5) is 5.12. The number of H-pyrrole nitrogens is 1. The van der Waals surface area contributed by atoms with Crippen LogP contribution in [-0.2, 0) is 0 Å². The summed E-state index contributed by atoms with van der Waals surface area (Å²) >= 11 is 1.27. The second kappa shape index (κ2) is 17.4. The van der Waals surface area contributed by atoms with E-state index in [1.165, 1.54) is 100 Å². The summed E-state index contributed by atoms with van der Waals surface area (Å²) in [6.07, 6.45) is 15.0. The number of aromatic nitrogens is 5. The lowest BCUT2D eigenvalue weighted by Crippen LogP contribution is -2.25. The molecule has 0 aliphatic rings. The van der Waals surface area contributed by atoms with Crippen molar-refractivity contribution in [2.75, 3.05) is 36.0 Å². The van der Waals surface area contributed by atoms with Crippen LogP contribution in [0.25, 0.3) is 44.3 Å². The highest BCUT2D eigenvalue weighted by Gasteiger charge is 2.23. The Hall–Kier alpha value is -3.52. The number of anilines is 2. The largest absolute Gasteiger partial charge is 0.372 e. The van der Waals surface area contributed by atoms with E-state index in [9.17, 15) is 0 Å². The number of aromatic amines is 1. The number of benzene rings is 3. The standard InChI is InChI=1S/C38H53N7S/c1-5-9-13-25-44(26-14-10-6-2)31-21-17-29(18-22-31)33-35-36(40-43-39-35)34(38-37(33)41-46-42-38)30-19-23-32(24-20-30)45(27-15-11-7-3)28-16-12-8-4/h17-24H,5-16,25-28H2,1-4H3,(H,39,40). The molecule has 0 spiro atoms. The van der Waals surface area contributed by atoms with Crippen LogP contribution in [0.5, 0.6) is 0 Å². The van der Waals surface area contributed by atoms with Crippen molar-refractivity contribution >= 4 is 45.2 Å². The average Bonchev–Trinajstić information content (AvgIpc) is 3.77. The van der Waals surface area contributed by atoms with E-state index in [-0.39, 0.29) is 0 Å². The van der Waals surface area contributed by atoms with Gasteiger partial charge in [-0.05, 0) is 61.1 Å². The van der Waals surface area contributed by atoms with E-state index in [2.05, 4.69) is 101 Å². The third-order valence-corrected chi connectivity index (χ3v) is 9.69. The predicted octanol–water partition coefficient (Wildman–Crippen LogP) is 10.7. The molecule has 2 heterocycles. The fourth-order valence-corrected chi connectivity index (χ4v) is 7.07. The van der Waals surface area contributed by atoms with E-state index >= 15 is 0 Å². The van der Waals surface area contributed by atoms with Gasteiger partial charge in [-0.25, -0.2) is 0 Å². The van der Waals surface area contributed by atoms with Crippen molar-refractivity contribution in [3.05, 3.63) is 48.5 Å². The monoisotopic (exact) mass is 639 g/mol. The third kappa shape index (κ3) is 8.06. The second-order valence-electron chi connectivity index (χ2n) is 12.6. The first-order chi connectivity index (χ1) is 22.7. The average molecular weight is 640 g/mol. The van der Waals surface area contributed by atoms with Crippen LogP contribution in [0.3, 0.4) is 0 Å². The molecule has 0 radical (unpaired) electrons. The van der Waals surface area contributed by atoms with Crippen molar-refractivity contribution in [3.8, 4) is 22.3 Å². The van der Waals surface area contributed by atoms with Crippen molar-refractivity contribution in [2.45, 2.75) is 105 Å². The van der Waals surface area contributed by atoms with Gasteiger partial charge in [0.1, 0.15) is 16.6 Å². The highest BCUT2D eigenvalue weighted by Crippen LogP contribution is 2.41. The van der Waals surface area contributed by atoms with Gasteiger partial charge in [-0.3, -0.25) is 5.10 Å². The summed E-state index contributed by atoms with van der Waals surface area (Å²) in [5.74, 6) is 0. The van der Waals surface area contributed by atoms with Gasteiger partial charge >= 0.3 is 0 Å². The lowest BCUT2D eigenvalue weighted by molar-refractivity contribution is 0.636. The molecule has 46 heavy (non-hydrogen) atoms. The minimum atomic E-state index is 0.843. The first-order valence-corrected chi connectivity index (χ1v) is 18.6. The summed E-state index contributed by atoms with van der Waals surface area (Å²) in [5, 5.41) is 12.1. The van der Waals surface area contributed by atoms with E-state index in [1.54, 1.807) is 0 Å². The van der Waals surface area contributed by atoms with Gasteiger partial charge in [0.2, 0.25) is 0 Å². The minimum absolute atomic E-state index is 0.843. The van der Waals surface area contributed by atoms with Gasteiger partial charge in [0.15, 0.2) is 0 Å². The van der Waals surface area contributed by atoms with Crippen LogP contribution in [-0.4, -0.2) is 50.3 Å². The molecule has 3 aromatic carbocycles. The minimum Gasteiger partial charge on any atom is -0.372 e. The lowest BCUT2D eigenvalue weighted by Gasteiger charge is -2.25. The molecule has 0 saturated carbocycles. The molecule has 1 N–H and O–H groups in total. The fourth-order valence-electron chi connectivity index (χ4n) is 6.51. The summed E-state index contributed by atoms with van der Waals surface area (Å²) in [6.45, 7) is 13.5. The summed E-state index contributed by atoms with van der Waals surface area (Å²) in [5.41, 5.74) is 10.4. The summed E-state index contributed by atoms with van der Waals surface area (Å²) < 4.78 is 9.66. The Morgan fingerprint density at radius 1 is 0.522 bits per heavy atom. The molecule has 0 aliphatic heterocycles. The van der Waals surface area contributed by atoms with Gasteiger partial charge < -0.3 is 9.80 Å². The maximum atomic E-state index is 4.83. The summed E-state index contributed by atoms with van der Waals surface area (Å²) in [7, 11) is 0. The molecule has 246 valence electrons. The van der Waals surface area contributed by atoms with Crippen LogP contribution in [0, 0.1) is 0 Å². The predicted molar refractivity (Wildman–Crippen MR) is 198 cm³/mol. The van der Waals surface area contributed by atoms with Crippen molar-refractivity contribution in [3.63, 3.8) is 0 Å². The zero-order chi connectivity index (χ0) is 32.1. The number of unbranched alkanes of at least 4 members (excludes halogenated alkanes) is 8. The van der Waals surface area contributed by atoms with Crippen LogP contribution >= 0.6 is 11.7 Å². The van der Waals surface area contributed by atoms with Gasteiger partial charge in [-0.1, -0.05) is 109 Å². The van der Waals surface area contributed by atoms with Crippen LogP contribution in [0.4, 0.5) is 11.4 Å². The first kappa shape index (κ1) is 33.8. The zero-order valence-corrected chi connectivity index (χ0v) is 29.3. The normalized spacial score (nSPS) is 11.6. The van der Waals surface area contributed by atoms with Gasteiger partial charge in [-0.2, -0.15) is 8.75 Å². The highest BCUT2D eigenvalue weighted by atomic mass is 32.1. The molecule has 0 fully saturated rings. The molecular weight excluding hydrogens is 587 g/mol. The first-order valence-electron chi connectivity index (χ1n) is 17.9. The van der Waals surface area contributed by atoms with Crippen molar-refractivity contribution in [2.24, 2.45) is 0 Å². The number of hydrogen-bond acceptors (Lipinski definition) is 7. The van der Waals surface area contributed by atoms with Gasteiger partial charge in [-0.15, -0.1) is 5.10 Å². The Bertz CT molecular complexity index is 1420. The molecule has 0 saturated heterocycles. The third-order valence-electron chi connectivity index (χ3n) is 9.17. The van der Waals surface area contributed by atoms with Crippen LogP contribution < -0.4 is 9.80 Å². The van der Waals surface area contributed by atoms with Crippen molar-refractivity contribution in [1.29, 1.82) is 0 Å². The Kier molecular flexibility index (Phi) is 12.8. The molecule has 0 amide bonds. The maximum Gasteiger partial charge on any atom is 0.123 e. The molecule has 0 bridgehead atoms. The molecule has 5 rings (SSSR count). The number of fused-ring (bicyclic) bond motifs is 2.